The van der Waals surface area contributed by atoms with Gasteiger partial charge in [0.05, 0.1) is 28.4 Å². The van der Waals surface area contributed by atoms with Gasteiger partial charge in [0.25, 0.3) is 0 Å². The SMILES string of the molecule is COCC(O)CNc1ccc(C#N)c(Br)c1F. The van der Waals surface area contributed by atoms with Crippen LogP contribution in [0.1, 0.15) is 5.56 Å². The van der Waals surface area contributed by atoms with Crippen molar-refractivity contribution in [2.24, 2.45) is 0 Å². The zero-order valence-corrected chi connectivity index (χ0v) is 10.8. The van der Waals surface area contributed by atoms with E-state index in [0.717, 1.165) is 0 Å². The molecule has 1 atom stereocenters. The van der Waals surface area contributed by atoms with E-state index in [1.54, 1.807) is 0 Å². The van der Waals surface area contributed by atoms with E-state index in [4.69, 9.17) is 10.00 Å². The van der Waals surface area contributed by atoms with Gasteiger partial charge >= 0.3 is 0 Å². The summed E-state index contributed by atoms with van der Waals surface area (Å²) in [6.07, 6.45) is -0.714. The van der Waals surface area contributed by atoms with Crippen molar-refractivity contribution in [1.82, 2.24) is 0 Å². The average molecular weight is 303 g/mol. The Morgan fingerprint density at radius 2 is 2.35 bits per heavy atom. The first-order chi connectivity index (χ1) is 8.10. The largest absolute Gasteiger partial charge is 0.389 e. The predicted octanol–water partition coefficient (Wildman–Crippen LogP) is 1.88. The molecule has 0 aromatic heterocycles. The van der Waals surface area contributed by atoms with Crippen LogP contribution in [0.2, 0.25) is 0 Å². The fourth-order valence-corrected chi connectivity index (χ4v) is 1.69. The Morgan fingerprint density at radius 3 is 2.94 bits per heavy atom. The summed E-state index contributed by atoms with van der Waals surface area (Å²) in [5.74, 6) is -0.548. The highest BCUT2D eigenvalue weighted by atomic mass is 79.9. The minimum absolute atomic E-state index is 0.117. The van der Waals surface area contributed by atoms with Gasteiger partial charge in [-0.3, -0.25) is 0 Å². The molecule has 1 aromatic rings. The highest BCUT2D eigenvalue weighted by molar-refractivity contribution is 9.10. The highest BCUT2D eigenvalue weighted by Gasteiger charge is 2.12. The van der Waals surface area contributed by atoms with E-state index < -0.39 is 11.9 Å². The Hall–Kier alpha value is -1.16. The van der Waals surface area contributed by atoms with Crippen LogP contribution in [-0.4, -0.2) is 31.5 Å². The Balaban J connectivity index is 2.73. The molecule has 0 aliphatic heterocycles. The second-order valence-electron chi connectivity index (χ2n) is 3.39. The first kappa shape index (κ1) is 13.9. The van der Waals surface area contributed by atoms with Crippen molar-refractivity contribution in [2.75, 3.05) is 25.6 Å². The number of halogens is 2. The number of nitrogens with one attached hydrogen (secondary N) is 1. The molecule has 17 heavy (non-hydrogen) atoms. The molecule has 0 fully saturated rings. The minimum atomic E-state index is -0.714. The van der Waals surface area contributed by atoms with Crippen LogP contribution in [0.4, 0.5) is 10.1 Å². The van der Waals surface area contributed by atoms with E-state index in [-0.39, 0.29) is 28.9 Å². The molecule has 1 rings (SSSR count). The molecule has 0 radical (unpaired) electrons. The smallest absolute Gasteiger partial charge is 0.161 e. The van der Waals surface area contributed by atoms with E-state index >= 15 is 0 Å². The summed E-state index contributed by atoms with van der Waals surface area (Å²) in [5, 5.41) is 20.8. The minimum Gasteiger partial charge on any atom is -0.389 e. The fourth-order valence-electron chi connectivity index (χ4n) is 1.25. The first-order valence-corrected chi connectivity index (χ1v) is 5.68. The summed E-state index contributed by atoms with van der Waals surface area (Å²) in [4.78, 5) is 0. The van der Waals surface area contributed by atoms with Gasteiger partial charge in [0.15, 0.2) is 5.82 Å². The van der Waals surface area contributed by atoms with Crippen LogP contribution >= 0.6 is 15.9 Å². The molecule has 0 bridgehead atoms. The molecule has 0 saturated carbocycles. The molecular weight excluding hydrogens is 291 g/mol. The monoisotopic (exact) mass is 302 g/mol. The molecule has 0 heterocycles. The van der Waals surface area contributed by atoms with Gasteiger partial charge in [-0.2, -0.15) is 5.26 Å². The standard InChI is InChI=1S/C11H12BrFN2O2/c1-17-6-8(16)5-15-9-3-2-7(4-14)10(12)11(9)13/h2-3,8,15-16H,5-6H2,1H3. The molecule has 6 heteroatoms. The molecular formula is C11H12BrFN2O2. The van der Waals surface area contributed by atoms with Crippen LogP contribution in [0.5, 0.6) is 0 Å². The average Bonchev–Trinajstić information content (AvgIpc) is 2.31. The third-order valence-corrected chi connectivity index (χ3v) is 2.87. The molecule has 0 aliphatic rings. The van der Waals surface area contributed by atoms with Crippen LogP contribution in [0.15, 0.2) is 16.6 Å². The van der Waals surface area contributed by atoms with Crippen LogP contribution in [0.3, 0.4) is 0 Å². The van der Waals surface area contributed by atoms with Gasteiger partial charge in [0.1, 0.15) is 6.07 Å². The van der Waals surface area contributed by atoms with Gasteiger partial charge in [-0.15, -0.1) is 0 Å². The number of rotatable bonds is 5. The van der Waals surface area contributed by atoms with E-state index in [1.807, 2.05) is 6.07 Å². The fraction of sp³-hybridized carbons (Fsp3) is 0.364. The number of hydrogen-bond acceptors (Lipinski definition) is 4. The predicted molar refractivity (Wildman–Crippen MR) is 65.2 cm³/mol. The van der Waals surface area contributed by atoms with Crippen molar-refractivity contribution >= 4 is 21.6 Å². The van der Waals surface area contributed by atoms with Crippen LogP contribution in [0, 0.1) is 17.1 Å². The molecule has 4 nitrogen and oxygen atoms in total. The Kier molecular flexibility index (Phi) is 5.35. The van der Waals surface area contributed by atoms with Gasteiger partial charge in [-0.25, -0.2) is 4.39 Å². The zero-order chi connectivity index (χ0) is 12.8. The lowest BCUT2D eigenvalue weighted by atomic mass is 10.2. The van der Waals surface area contributed by atoms with Crippen LogP contribution < -0.4 is 5.32 Å². The van der Waals surface area contributed by atoms with E-state index in [1.165, 1.54) is 19.2 Å². The Morgan fingerprint density at radius 1 is 1.65 bits per heavy atom. The van der Waals surface area contributed by atoms with Crippen molar-refractivity contribution < 1.29 is 14.2 Å². The first-order valence-electron chi connectivity index (χ1n) is 4.89. The normalized spacial score (nSPS) is 11.9. The number of aliphatic hydroxyl groups excluding tert-OH is 1. The van der Waals surface area contributed by atoms with Gasteiger partial charge in [0.2, 0.25) is 0 Å². The second kappa shape index (κ2) is 6.55. The number of nitrogens with zero attached hydrogens (tertiary/aromatic N) is 1. The lowest BCUT2D eigenvalue weighted by Gasteiger charge is -2.13. The van der Waals surface area contributed by atoms with E-state index in [2.05, 4.69) is 21.2 Å². The number of hydrogen-bond donors (Lipinski definition) is 2. The summed E-state index contributed by atoms with van der Waals surface area (Å²) in [6, 6.07) is 4.82. The maximum atomic E-state index is 13.7. The summed E-state index contributed by atoms with van der Waals surface area (Å²) in [7, 11) is 1.47. The maximum Gasteiger partial charge on any atom is 0.161 e. The summed E-state index contributed by atoms with van der Waals surface area (Å²) >= 11 is 3.00. The maximum absolute atomic E-state index is 13.7. The Bertz CT molecular complexity index is 434. The molecule has 0 amide bonds. The summed E-state index contributed by atoms with van der Waals surface area (Å²) < 4.78 is 18.6. The molecule has 92 valence electrons. The van der Waals surface area contributed by atoms with Crippen LogP contribution in [0.25, 0.3) is 0 Å². The van der Waals surface area contributed by atoms with Crippen molar-refractivity contribution in [3.8, 4) is 6.07 Å². The van der Waals surface area contributed by atoms with Gasteiger partial charge in [0, 0.05) is 13.7 Å². The van der Waals surface area contributed by atoms with Gasteiger partial charge in [-0.05, 0) is 28.1 Å². The molecule has 1 aromatic carbocycles. The number of ether oxygens (including phenoxy) is 1. The number of nitriles is 1. The molecule has 2 N–H and O–H groups in total. The van der Waals surface area contributed by atoms with Crippen LogP contribution in [-0.2, 0) is 4.74 Å². The third-order valence-electron chi connectivity index (χ3n) is 2.09. The summed E-state index contributed by atoms with van der Waals surface area (Å²) in [5.41, 5.74) is 0.455. The van der Waals surface area contributed by atoms with Crippen molar-refractivity contribution in [3.63, 3.8) is 0 Å². The quantitative estimate of drug-likeness (QED) is 0.871. The Labute approximate surface area is 107 Å². The third kappa shape index (κ3) is 3.66. The van der Waals surface area contributed by atoms with Gasteiger partial charge < -0.3 is 15.2 Å². The number of anilines is 1. The van der Waals surface area contributed by atoms with E-state index in [0.29, 0.717) is 0 Å². The lowest BCUT2D eigenvalue weighted by Crippen LogP contribution is -2.24. The molecule has 0 saturated heterocycles. The van der Waals surface area contributed by atoms with Crippen molar-refractivity contribution in [1.29, 1.82) is 5.26 Å². The van der Waals surface area contributed by atoms with Crippen molar-refractivity contribution in [3.05, 3.63) is 28.0 Å². The van der Waals surface area contributed by atoms with Crippen molar-refractivity contribution in [2.45, 2.75) is 6.10 Å². The second-order valence-corrected chi connectivity index (χ2v) is 4.18. The number of methoxy groups -OCH3 is 1. The van der Waals surface area contributed by atoms with E-state index in [9.17, 15) is 9.50 Å². The zero-order valence-electron chi connectivity index (χ0n) is 9.20. The molecule has 0 spiro atoms. The topological polar surface area (TPSA) is 65.3 Å². The molecule has 1 unspecified atom stereocenters. The number of benzene rings is 1. The molecule has 0 aliphatic carbocycles. The number of aliphatic hydroxyl groups is 1. The summed E-state index contributed by atoms with van der Waals surface area (Å²) in [6.45, 7) is 0.342. The highest BCUT2D eigenvalue weighted by Crippen LogP contribution is 2.26. The lowest BCUT2D eigenvalue weighted by molar-refractivity contribution is 0.0727. The van der Waals surface area contributed by atoms with Gasteiger partial charge in [-0.1, -0.05) is 0 Å².